The number of hydrogen-bond acceptors (Lipinski definition) is 3. The average molecular weight is 325 g/mol. The van der Waals surface area contributed by atoms with E-state index in [1.54, 1.807) is 54.6 Å². The molecule has 0 saturated heterocycles. The highest BCUT2D eigenvalue weighted by Gasteiger charge is 2.13. The predicted molar refractivity (Wildman–Crippen MR) is 90.2 cm³/mol. The molecule has 23 heavy (non-hydrogen) atoms. The maximum Gasteiger partial charge on any atom is 0.261 e. The van der Waals surface area contributed by atoms with Crippen molar-refractivity contribution in [1.82, 2.24) is 0 Å². The molecule has 0 atom stereocenters. The number of anilines is 1. The predicted octanol–water partition coefficient (Wildman–Crippen LogP) is 4.28. The fraction of sp³-hybridized carbons (Fsp3) is 0. The Bertz CT molecular complexity index is 878. The lowest BCUT2D eigenvalue weighted by Gasteiger charge is -2.10. The highest BCUT2D eigenvalue weighted by molar-refractivity contribution is 7.92. The van der Waals surface area contributed by atoms with Crippen LogP contribution >= 0.6 is 0 Å². The van der Waals surface area contributed by atoms with Gasteiger partial charge in [0.1, 0.15) is 11.5 Å². The van der Waals surface area contributed by atoms with E-state index in [9.17, 15) is 8.42 Å². The van der Waals surface area contributed by atoms with Gasteiger partial charge in [0, 0.05) is 6.07 Å². The first-order valence-electron chi connectivity index (χ1n) is 7.04. The highest BCUT2D eigenvalue weighted by Crippen LogP contribution is 2.25. The summed E-state index contributed by atoms with van der Waals surface area (Å²) in [5, 5.41) is 0. The molecule has 1 N–H and O–H groups in total. The van der Waals surface area contributed by atoms with Gasteiger partial charge in [0.15, 0.2) is 0 Å². The zero-order valence-corrected chi connectivity index (χ0v) is 13.0. The summed E-state index contributed by atoms with van der Waals surface area (Å²) in [5.74, 6) is 1.25. The Kier molecular flexibility index (Phi) is 4.30. The van der Waals surface area contributed by atoms with E-state index in [2.05, 4.69) is 4.72 Å². The maximum absolute atomic E-state index is 12.3. The van der Waals surface area contributed by atoms with Crippen LogP contribution in [0.4, 0.5) is 5.69 Å². The second kappa shape index (κ2) is 6.54. The summed E-state index contributed by atoms with van der Waals surface area (Å²) >= 11 is 0. The molecule has 0 radical (unpaired) electrons. The Balaban J connectivity index is 1.80. The lowest BCUT2D eigenvalue weighted by Crippen LogP contribution is -2.12. The zero-order valence-electron chi connectivity index (χ0n) is 12.2. The number of ether oxygens (including phenoxy) is 1. The molecular formula is C18H15NO3S. The van der Waals surface area contributed by atoms with Crippen LogP contribution in [-0.2, 0) is 10.0 Å². The molecule has 4 nitrogen and oxygen atoms in total. The number of para-hydroxylation sites is 1. The molecule has 0 spiro atoms. The maximum atomic E-state index is 12.3. The van der Waals surface area contributed by atoms with Crippen LogP contribution in [0.3, 0.4) is 0 Å². The Morgan fingerprint density at radius 3 is 2.00 bits per heavy atom. The number of hydrogen-bond donors (Lipinski definition) is 1. The molecule has 0 amide bonds. The van der Waals surface area contributed by atoms with Gasteiger partial charge in [0.25, 0.3) is 10.0 Å². The molecule has 0 saturated carbocycles. The van der Waals surface area contributed by atoms with Crippen LogP contribution < -0.4 is 9.46 Å². The van der Waals surface area contributed by atoms with Crippen molar-refractivity contribution in [3.8, 4) is 11.5 Å². The molecule has 0 aliphatic carbocycles. The van der Waals surface area contributed by atoms with Crippen molar-refractivity contribution >= 4 is 15.7 Å². The van der Waals surface area contributed by atoms with Gasteiger partial charge >= 0.3 is 0 Å². The van der Waals surface area contributed by atoms with E-state index in [4.69, 9.17) is 4.74 Å². The molecule has 0 unspecified atom stereocenters. The smallest absolute Gasteiger partial charge is 0.261 e. The molecule has 3 aromatic rings. The van der Waals surface area contributed by atoms with Crippen LogP contribution in [0, 0.1) is 0 Å². The normalized spacial score (nSPS) is 11.0. The fourth-order valence-corrected chi connectivity index (χ4v) is 3.13. The molecule has 0 aliphatic rings. The van der Waals surface area contributed by atoms with E-state index in [0.717, 1.165) is 0 Å². The molecule has 0 aromatic heterocycles. The summed E-state index contributed by atoms with van der Waals surface area (Å²) in [6, 6.07) is 24.4. The van der Waals surface area contributed by atoms with Crippen molar-refractivity contribution in [2.24, 2.45) is 0 Å². The van der Waals surface area contributed by atoms with Gasteiger partial charge < -0.3 is 4.74 Å². The van der Waals surface area contributed by atoms with E-state index < -0.39 is 10.0 Å². The highest BCUT2D eigenvalue weighted by atomic mass is 32.2. The minimum Gasteiger partial charge on any atom is -0.457 e. The van der Waals surface area contributed by atoms with Crippen molar-refractivity contribution < 1.29 is 13.2 Å². The van der Waals surface area contributed by atoms with Gasteiger partial charge in [-0.05, 0) is 36.4 Å². The number of rotatable bonds is 5. The fourth-order valence-electron chi connectivity index (χ4n) is 2.06. The number of benzene rings is 3. The first-order valence-corrected chi connectivity index (χ1v) is 8.53. The van der Waals surface area contributed by atoms with E-state index >= 15 is 0 Å². The minimum atomic E-state index is -3.61. The van der Waals surface area contributed by atoms with Gasteiger partial charge in [-0.25, -0.2) is 8.42 Å². The van der Waals surface area contributed by atoms with Crippen LogP contribution in [0.5, 0.6) is 11.5 Å². The van der Waals surface area contributed by atoms with E-state index in [-0.39, 0.29) is 4.90 Å². The first kappa shape index (κ1) is 15.1. The third kappa shape index (κ3) is 3.90. The first-order chi connectivity index (χ1) is 11.1. The van der Waals surface area contributed by atoms with Crippen molar-refractivity contribution in [3.63, 3.8) is 0 Å². The van der Waals surface area contributed by atoms with Crippen molar-refractivity contribution in [3.05, 3.63) is 84.9 Å². The SMILES string of the molecule is O=S(=O)(Nc1cccc(Oc2ccccc2)c1)c1ccccc1. The summed E-state index contributed by atoms with van der Waals surface area (Å²) in [4.78, 5) is 0.217. The molecule has 0 heterocycles. The molecule has 3 aromatic carbocycles. The summed E-state index contributed by atoms with van der Waals surface area (Å²) in [6.07, 6.45) is 0. The second-order valence-electron chi connectivity index (χ2n) is 4.86. The molecule has 0 fully saturated rings. The Labute approximate surface area is 135 Å². The zero-order chi connectivity index (χ0) is 16.1. The summed E-state index contributed by atoms with van der Waals surface area (Å²) < 4.78 is 32.9. The number of sulfonamides is 1. The molecule has 0 bridgehead atoms. The van der Waals surface area contributed by atoms with Crippen molar-refractivity contribution in [2.75, 3.05) is 4.72 Å². The van der Waals surface area contributed by atoms with E-state index in [1.165, 1.54) is 0 Å². The van der Waals surface area contributed by atoms with Gasteiger partial charge in [-0.15, -0.1) is 0 Å². The number of nitrogens with one attached hydrogen (secondary N) is 1. The van der Waals surface area contributed by atoms with Crippen LogP contribution in [0.2, 0.25) is 0 Å². The monoisotopic (exact) mass is 325 g/mol. The van der Waals surface area contributed by atoms with Gasteiger partial charge in [-0.2, -0.15) is 0 Å². The third-order valence-electron chi connectivity index (χ3n) is 3.12. The average Bonchev–Trinajstić information content (AvgIpc) is 2.56. The molecule has 0 aliphatic heterocycles. The molecule has 116 valence electrons. The van der Waals surface area contributed by atoms with Gasteiger partial charge in [-0.3, -0.25) is 4.72 Å². The lowest BCUT2D eigenvalue weighted by atomic mass is 10.3. The van der Waals surface area contributed by atoms with Crippen LogP contribution in [0.15, 0.2) is 89.8 Å². The minimum absolute atomic E-state index is 0.217. The third-order valence-corrected chi connectivity index (χ3v) is 4.52. The molecule has 5 heteroatoms. The standard InChI is InChI=1S/C18H15NO3S/c20-23(21,18-12-5-2-6-13-18)19-15-8-7-11-17(14-15)22-16-9-3-1-4-10-16/h1-14,19H. The molecule has 3 rings (SSSR count). The lowest BCUT2D eigenvalue weighted by molar-refractivity contribution is 0.483. The van der Waals surface area contributed by atoms with Crippen LogP contribution in [0.25, 0.3) is 0 Å². The van der Waals surface area contributed by atoms with Crippen LogP contribution in [-0.4, -0.2) is 8.42 Å². The summed E-state index contributed by atoms with van der Waals surface area (Å²) in [7, 11) is -3.61. The van der Waals surface area contributed by atoms with Crippen molar-refractivity contribution in [2.45, 2.75) is 4.90 Å². The van der Waals surface area contributed by atoms with Crippen LogP contribution in [0.1, 0.15) is 0 Å². The summed E-state index contributed by atoms with van der Waals surface area (Å²) in [5.41, 5.74) is 0.447. The topological polar surface area (TPSA) is 55.4 Å². The van der Waals surface area contributed by atoms with Crippen molar-refractivity contribution in [1.29, 1.82) is 0 Å². The summed E-state index contributed by atoms with van der Waals surface area (Å²) in [6.45, 7) is 0. The Morgan fingerprint density at radius 2 is 1.30 bits per heavy atom. The van der Waals surface area contributed by atoms with Gasteiger partial charge in [0.2, 0.25) is 0 Å². The quantitative estimate of drug-likeness (QED) is 0.762. The second-order valence-corrected chi connectivity index (χ2v) is 6.54. The Morgan fingerprint density at radius 1 is 0.696 bits per heavy atom. The Hall–Kier alpha value is -2.79. The van der Waals surface area contributed by atoms with Gasteiger partial charge in [-0.1, -0.05) is 42.5 Å². The molecular weight excluding hydrogens is 310 g/mol. The largest absolute Gasteiger partial charge is 0.457 e. The van der Waals surface area contributed by atoms with E-state index in [1.807, 2.05) is 30.3 Å². The van der Waals surface area contributed by atoms with E-state index in [0.29, 0.717) is 17.2 Å². The van der Waals surface area contributed by atoms with Gasteiger partial charge in [0.05, 0.1) is 10.6 Å².